The molecule has 0 aromatic carbocycles. The molecule has 0 spiro atoms. The van der Waals surface area contributed by atoms with E-state index in [4.69, 9.17) is 14.7 Å². The SMILES string of the molecule is CCO[C-]=O.O=C(O)CF.[Pd]. The van der Waals surface area contributed by atoms with Crippen LogP contribution in [0.5, 0.6) is 0 Å². The Hall–Kier alpha value is -0.468. The van der Waals surface area contributed by atoms with Gasteiger partial charge in [0.15, 0.2) is 6.67 Å². The van der Waals surface area contributed by atoms with Crippen molar-refractivity contribution in [1.82, 2.24) is 0 Å². The summed E-state index contributed by atoms with van der Waals surface area (Å²) >= 11 is 0. The Morgan fingerprint density at radius 2 is 2.09 bits per heavy atom. The molecule has 0 radical (unpaired) electrons. The van der Waals surface area contributed by atoms with Gasteiger partial charge in [-0.15, -0.1) is 0 Å². The zero-order valence-corrected chi connectivity index (χ0v) is 7.33. The third kappa shape index (κ3) is 43.3. The molecule has 0 amide bonds. The second-order valence-electron chi connectivity index (χ2n) is 1.04. The van der Waals surface area contributed by atoms with Gasteiger partial charge in [0.05, 0.1) is 0 Å². The van der Waals surface area contributed by atoms with Gasteiger partial charge in [-0.3, -0.25) is 0 Å². The first-order valence-electron chi connectivity index (χ1n) is 2.45. The third-order valence-corrected chi connectivity index (χ3v) is 0.318. The van der Waals surface area contributed by atoms with Crippen LogP contribution in [0.25, 0.3) is 0 Å². The maximum absolute atomic E-state index is 10.5. The van der Waals surface area contributed by atoms with Crippen LogP contribution in [0.1, 0.15) is 6.92 Å². The number of aliphatic carboxylic acids is 1. The number of hydrogen-bond donors (Lipinski definition) is 1. The molecule has 0 aromatic rings. The number of carbonyl (C=O) groups is 1. The van der Waals surface area contributed by atoms with Crippen LogP contribution in [0.3, 0.4) is 0 Å². The number of carboxylic acid groups (broad SMARTS) is 1. The smallest absolute Gasteiger partial charge is 0.335 e. The van der Waals surface area contributed by atoms with Crippen molar-refractivity contribution in [1.29, 1.82) is 0 Å². The number of halogens is 1. The summed E-state index contributed by atoms with van der Waals surface area (Å²) in [5, 5.41) is 7.35. The number of rotatable bonds is 3. The van der Waals surface area contributed by atoms with Crippen LogP contribution in [-0.2, 0) is 34.7 Å². The molecule has 0 aliphatic rings. The summed E-state index contributed by atoms with van der Waals surface area (Å²) in [6, 6.07) is 0. The summed E-state index contributed by atoms with van der Waals surface area (Å²) in [5.41, 5.74) is 0. The molecule has 6 heteroatoms. The molecule has 0 aromatic heterocycles. The molecular formula is C5H8FO4Pd-. The molecule has 1 N–H and O–H groups in total. The Kier molecular flexibility index (Phi) is 24.9. The first kappa shape index (κ1) is 16.9. The van der Waals surface area contributed by atoms with E-state index in [1.54, 1.807) is 6.92 Å². The van der Waals surface area contributed by atoms with E-state index >= 15 is 0 Å². The van der Waals surface area contributed by atoms with Crippen molar-refractivity contribution in [3.8, 4) is 0 Å². The first-order chi connectivity index (χ1) is 4.68. The molecule has 0 aliphatic carbocycles. The Labute approximate surface area is 77.4 Å². The summed E-state index contributed by atoms with van der Waals surface area (Å²) in [5.74, 6) is -1.41. The molecule has 11 heavy (non-hydrogen) atoms. The van der Waals surface area contributed by atoms with E-state index in [0.29, 0.717) is 6.61 Å². The fraction of sp³-hybridized carbons (Fsp3) is 0.600. The summed E-state index contributed by atoms with van der Waals surface area (Å²) in [6.45, 7) is 2.14. The second kappa shape index (κ2) is 16.3. The predicted molar refractivity (Wildman–Crippen MR) is 30.9 cm³/mol. The summed E-state index contributed by atoms with van der Waals surface area (Å²) in [4.78, 5) is 18.1. The largest absolute Gasteiger partial charge is 0.653 e. The average Bonchev–Trinajstić information content (AvgIpc) is 1.91. The zero-order chi connectivity index (χ0) is 8.41. The molecule has 70 valence electrons. The average molecular weight is 258 g/mol. The first-order valence-corrected chi connectivity index (χ1v) is 2.45. The van der Waals surface area contributed by atoms with E-state index < -0.39 is 12.6 Å². The van der Waals surface area contributed by atoms with Crippen LogP contribution in [0.2, 0.25) is 0 Å². The molecule has 0 bridgehead atoms. The minimum Gasteiger partial charge on any atom is -0.653 e. The molecular weight excluding hydrogens is 249 g/mol. The van der Waals surface area contributed by atoms with Gasteiger partial charge in [0.25, 0.3) is 0 Å². The molecule has 0 rings (SSSR count). The van der Waals surface area contributed by atoms with E-state index in [0.717, 1.165) is 0 Å². The van der Waals surface area contributed by atoms with Crippen LogP contribution >= 0.6 is 0 Å². The van der Waals surface area contributed by atoms with Gasteiger partial charge in [0, 0.05) is 27.0 Å². The molecule has 0 saturated carbocycles. The van der Waals surface area contributed by atoms with Gasteiger partial charge in [-0.2, -0.15) is 0 Å². The van der Waals surface area contributed by atoms with Gasteiger partial charge in [0.1, 0.15) is 0 Å². The minimum atomic E-state index is -1.41. The molecule has 0 saturated heterocycles. The molecule has 0 aliphatic heterocycles. The van der Waals surface area contributed by atoms with Crippen molar-refractivity contribution < 1.29 is 44.2 Å². The van der Waals surface area contributed by atoms with Crippen LogP contribution in [0.4, 0.5) is 4.39 Å². The monoisotopic (exact) mass is 257 g/mol. The van der Waals surface area contributed by atoms with Crippen molar-refractivity contribution in [2.45, 2.75) is 6.92 Å². The van der Waals surface area contributed by atoms with Gasteiger partial charge >= 0.3 is 5.97 Å². The van der Waals surface area contributed by atoms with E-state index in [9.17, 15) is 4.39 Å². The molecule has 0 atom stereocenters. The van der Waals surface area contributed by atoms with Crippen molar-refractivity contribution >= 4 is 12.4 Å². The number of hydrogen-bond acceptors (Lipinski definition) is 3. The number of ether oxygens (including phenoxy) is 1. The maximum atomic E-state index is 10.5. The zero-order valence-electron chi connectivity index (χ0n) is 5.78. The fourth-order valence-electron chi connectivity index (χ4n) is 0.0589. The van der Waals surface area contributed by atoms with Crippen LogP contribution < -0.4 is 0 Å². The van der Waals surface area contributed by atoms with Gasteiger partial charge in [-0.25, -0.2) is 9.18 Å². The molecule has 0 unspecified atom stereocenters. The topological polar surface area (TPSA) is 63.6 Å². The van der Waals surface area contributed by atoms with Crippen molar-refractivity contribution in [2.24, 2.45) is 0 Å². The van der Waals surface area contributed by atoms with E-state index in [1.165, 1.54) is 6.47 Å². The Bertz CT molecular complexity index is 98.5. The maximum Gasteiger partial charge on any atom is 0.335 e. The predicted octanol–water partition coefficient (Wildman–Crippen LogP) is 0.128. The summed E-state index contributed by atoms with van der Waals surface area (Å²) in [7, 11) is 0. The van der Waals surface area contributed by atoms with E-state index in [-0.39, 0.29) is 20.4 Å². The molecule has 0 fully saturated rings. The van der Waals surface area contributed by atoms with Crippen LogP contribution in [-0.4, -0.2) is 30.8 Å². The molecule has 4 nitrogen and oxygen atoms in total. The van der Waals surface area contributed by atoms with Gasteiger partial charge in [-0.1, -0.05) is 6.47 Å². The standard InChI is InChI=1S/C3H5O2.C2H3FO2.Pd/c1-2-5-3-4;3-1-2(4)5;/h2H2,1H3;1H2,(H,4,5);/q-1;;. The normalized spacial score (nSPS) is 6.36. The van der Waals surface area contributed by atoms with Gasteiger partial charge < -0.3 is 14.6 Å². The van der Waals surface area contributed by atoms with E-state index in [2.05, 4.69) is 4.74 Å². The number of carboxylic acids is 1. The Balaban J connectivity index is -0.000000107. The number of carbonyl (C=O) groups excluding carboxylic acids is 1. The van der Waals surface area contributed by atoms with E-state index in [1.807, 2.05) is 0 Å². The molecule has 0 heterocycles. The number of alkyl halides is 1. The third-order valence-electron chi connectivity index (χ3n) is 0.318. The minimum absolute atomic E-state index is 0. The van der Waals surface area contributed by atoms with Crippen molar-refractivity contribution in [2.75, 3.05) is 13.3 Å². The van der Waals surface area contributed by atoms with Crippen molar-refractivity contribution in [3.63, 3.8) is 0 Å². The van der Waals surface area contributed by atoms with Gasteiger partial charge in [-0.05, 0) is 6.92 Å². The van der Waals surface area contributed by atoms with Crippen molar-refractivity contribution in [3.05, 3.63) is 0 Å². The summed E-state index contributed by atoms with van der Waals surface area (Å²) < 4.78 is 14.5. The van der Waals surface area contributed by atoms with Gasteiger partial charge in [0.2, 0.25) is 0 Å². The Morgan fingerprint density at radius 1 is 1.73 bits per heavy atom. The van der Waals surface area contributed by atoms with Crippen LogP contribution in [0.15, 0.2) is 0 Å². The quantitative estimate of drug-likeness (QED) is 0.576. The Morgan fingerprint density at radius 3 is 2.09 bits per heavy atom. The summed E-state index contributed by atoms with van der Waals surface area (Å²) in [6.07, 6.45) is 0. The fourth-order valence-corrected chi connectivity index (χ4v) is 0.0589. The second-order valence-corrected chi connectivity index (χ2v) is 1.04. The van der Waals surface area contributed by atoms with Crippen LogP contribution in [0, 0.1) is 0 Å².